The molecule has 2 rings (SSSR count). The van der Waals surface area contributed by atoms with Crippen LogP contribution in [0.3, 0.4) is 0 Å². The van der Waals surface area contributed by atoms with E-state index in [9.17, 15) is 9.59 Å². The Labute approximate surface area is 158 Å². The molecule has 0 N–H and O–H groups in total. The molecule has 0 unspecified atom stereocenters. The van der Waals surface area contributed by atoms with E-state index < -0.39 is 30.6 Å². The predicted octanol–water partition coefficient (Wildman–Crippen LogP) is 3.08. The average Bonchev–Trinajstić information content (AvgIpc) is 2.67. The summed E-state index contributed by atoms with van der Waals surface area (Å²) in [5.74, 6) is 5.98. The van der Waals surface area contributed by atoms with Crippen LogP contribution in [0.5, 0.6) is 0 Å². The first-order chi connectivity index (χ1) is 13.1. The Hall–Kier alpha value is -2.98. The van der Waals surface area contributed by atoms with Crippen LogP contribution in [0.1, 0.15) is 19.4 Å². The molecule has 7 heteroatoms. The summed E-state index contributed by atoms with van der Waals surface area (Å²) in [6.07, 6.45) is -0.372. The van der Waals surface area contributed by atoms with Gasteiger partial charge in [-0.1, -0.05) is 30.0 Å². The zero-order chi connectivity index (χ0) is 19.5. The van der Waals surface area contributed by atoms with Crippen molar-refractivity contribution in [2.24, 2.45) is 0 Å². The minimum absolute atomic E-state index is 0.156. The van der Waals surface area contributed by atoms with Crippen LogP contribution in [0.4, 0.5) is 9.59 Å². The second-order valence-corrected chi connectivity index (χ2v) is 5.37. The number of carbonyl (C=O) groups excluding carboxylic acids is 2. The molecule has 1 heterocycles. The van der Waals surface area contributed by atoms with Gasteiger partial charge in [0.15, 0.2) is 6.10 Å². The van der Waals surface area contributed by atoms with Crippen LogP contribution >= 0.6 is 0 Å². The average molecular weight is 374 g/mol. The maximum Gasteiger partial charge on any atom is 0.508 e. The third-order valence-electron chi connectivity index (χ3n) is 3.42. The molecule has 1 aromatic carbocycles. The third-order valence-corrected chi connectivity index (χ3v) is 3.42. The first-order valence-electron chi connectivity index (χ1n) is 8.65. The zero-order valence-corrected chi connectivity index (χ0v) is 15.3. The Morgan fingerprint density at radius 2 is 1.70 bits per heavy atom. The molecule has 0 saturated heterocycles. The van der Waals surface area contributed by atoms with Crippen molar-refractivity contribution in [3.63, 3.8) is 0 Å². The maximum atomic E-state index is 11.6. The van der Waals surface area contributed by atoms with Gasteiger partial charge in [0.05, 0.1) is 13.2 Å². The second kappa shape index (κ2) is 10.9. The number of hydrogen-bond donors (Lipinski definition) is 0. The molecular formula is C20H22O7. The quantitative estimate of drug-likeness (QED) is 0.445. The molecule has 0 aromatic heterocycles. The highest BCUT2D eigenvalue weighted by molar-refractivity contribution is 5.61. The van der Waals surface area contributed by atoms with Crippen molar-refractivity contribution in [1.29, 1.82) is 0 Å². The van der Waals surface area contributed by atoms with Crippen LogP contribution in [0.2, 0.25) is 0 Å². The Balaban J connectivity index is 2.05. The highest BCUT2D eigenvalue weighted by Crippen LogP contribution is 2.17. The number of rotatable bonds is 5. The lowest BCUT2D eigenvalue weighted by Crippen LogP contribution is -2.41. The van der Waals surface area contributed by atoms with Gasteiger partial charge < -0.3 is 23.7 Å². The minimum atomic E-state index is -0.828. The molecule has 0 spiro atoms. The Morgan fingerprint density at radius 1 is 1.00 bits per heavy atom. The maximum absolute atomic E-state index is 11.6. The van der Waals surface area contributed by atoms with Crippen molar-refractivity contribution in [3.05, 3.63) is 48.0 Å². The lowest BCUT2D eigenvalue weighted by molar-refractivity contribution is -0.0865. The molecule has 7 nitrogen and oxygen atoms in total. The van der Waals surface area contributed by atoms with E-state index in [1.54, 1.807) is 26.0 Å². The van der Waals surface area contributed by atoms with E-state index in [0.29, 0.717) is 0 Å². The zero-order valence-electron chi connectivity index (χ0n) is 15.3. The summed E-state index contributed by atoms with van der Waals surface area (Å²) in [6.45, 7) is 3.56. The largest absolute Gasteiger partial charge is 0.508 e. The van der Waals surface area contributed by atoms with Crippen molar-refractivity contribution >= 4 is 12.3 Å². The van der Waals surface area contributed by atoms with Gasteiger partial charge in [-0.2, -0.15) is 0 Å². The van der Waals surface area contributed by atoms with Crippen LogP contribution in [0, 0.1) is 11.8 Å². The summed E-state index contributed by atoms with van der Waals surface area (Å²) in [5.41, 5.74) is 0.846. The van der Waals surface area contributed by atoms with Crippen molar-refractivity contribution in [3.8, 4) is 11.8 Å². The standard InChI is InChI=1S/C20H22O7/c1-3-23-19(21)25-14-18-17(27-20(22)24-4-2)13-12-16(26-18)11-10-15-8-6-5-7-9-15/h5-9,12-13,16-18H,3-4,14H2,1-2H3/t16-,17-,18-/m1/s1. The molecule has 1 aliphatic heterocycles. The van der Waals surface area contributed by atoms with E-state index >= 15 is 0 Å². The summed E-state index contributed by atoms with van der Waals surface area (Å²) in [4.78, 5) is 23.0. The van der Waals surface area contributed by atoms with Crippen molar-refractivity contribution in [2.75, 3.05) is 19.8 Å². The topological polar surface area (TPSA) is 80.3 Å². The molecule has 0 amide bonds. The summed E-state index contributed by atoms with van der Waals surface area (Å²) in [5, 5.41) is 0. The van der Waals surface area contributed by atoms with Crippen LogP contribution < -0.4 is 0 Å². The van der Waals surface area contributed by atoms with Gasteiger partial charge >= 0.3 is 12.3 Å². The van der Waals surface area contributed by atoms with Gasteiger partial charge in [-0.05, 0) is 38.1 Å². The normalized spacial score (nSPS) is 20.7. The van der Waals surface area contributed by atoms with E-state index in [2.05, 4.69) is 11.8 Å². The summed E-state index contributed by atoms with van der Waals surface area (Å²) in [6, 6.07) is 9.45. The Bertz CT molecular complexity index is 702. The summed E-state index contributed by atoms with van der Waals surface area (Å²) < 4.78 is 25.5. The van der Waals surface area contributed by atoms with Crippen molar-refractivity contribution in [1.82, 2.24) is 0 Å². The van der Waals surface area contributed by atoms with Gasteiger partial charge in [0.2, 0.25) is 0 Å². The van der Waals surface area contributed by atoms with Crippen LogP contribution in [-0.2, 0) is 23.7 Å². The van der Waals surface area contributed by atoms with Crippen LogP contribution in [0.25, 0.3) is 0 Å². The van der Waals surface area contributed by atoms with Gasteiger partial charge in [-0.25, -0.2) is 9.59 Å². The fraction of sp³-hybridized carbons (Fsp3) is 0.400. The predicted molar refractivity (Wildman–Crippen MR) is 96.0 cm³/mol. The van der Waals surface area contributed by atoms with Crippen LogP contribution in [0.15, 0.2) is 42.5 Å². The van der Waals surface area contributed by atoms with Crippen LogP contribution in [-0.4, -0.2) is 50.4 Å². The van der Waals surface area contributed by atoms with E-state index in [4.69, 9.17) is 23.7 Å². The van der Waals surface area contributed by atoms with Gasteiger partial charge in [0.1, 0.15) is 18.8 Å². The molecule has 1 aromatic rings. The van der Waals surface area contributed by atoms with Gasteiger partial charge in [0.25, 0.3) is 0 Å². The number of hydrogen-bond acceptors (Lipinski definition) is 7. The fourth-order valence-corrected chi connectivity index (χ4v) is 2.23. The summed E-state index contributed by atoms with van der Waals surface area (Å²) in [7, 11) is 0. The molecule has 3 atom stereocenters. The highest BCUT2D eigenvalue weighted by atomic mass is 16.7. The fourth-order valence-electron chi connectivity index (χ4n) is 2.23. The van der Waals surface area contributed by atoms with E-state index in [1.807, 2.05) is 30.3 Å². The van der Waals surface area contributed by atoms with E-state index in [1.165, 1.54) is 0 Å². The smallest absolute Gasteiger partial charge is 0.435 e. The first kappa shape index (κ1) is 20.3. The molecular weight excluding hydrogens is 352 g/mol. The first-order valence-corrected chi connectivity index (χ1v) is 8.65. The Morgan fingerprint density at radius 3 is 2.41 bits per heavy atom. The lowest BCUT2D eigenvalue weighted by Gasteiger charge is -2.29. The van der Waals surface area contributed by atoms with Gasteiger partial charge in [-0.3, -0.25) is 0 Å². The number of ether oxygens (including phenoxy) is 5. The summed E-state index contributed by atoms with van der Waals surface area (Å²) >= 11 is 0. The molecule has 144 valence electrons. The molecule has 0 aliphatic carbocycles. The number of carbonyl (C=O) groups is 2. The molecule has 1 aliphatic rings. The second-order valence-electron chi connectivity index (χ2n) is 5.37. The van der Waals surface area contributed by atoms with Gasteiger partial charge in [-0.15, -0.1) is 0 Å². The monoisotopic (exact) mass is 374 g/mol. The molecule has 0 saturated carbocycles. The van der Waals surface area contributed by atoms with Crippen molar-refractivity contribution < 1.29 is 33.3 Å². The van der Waals surface area contributed by atoms with Gasteiger partial charge in [0, 0.05) is 5.56 Å². The van der Waals surface area contributed by atoms with E-state index in [0.717, 1.165) is 5.56 Å². The number of benzene rings is 1. The van der Waals surface area contributed by atoms with E-state index in [-0.39, 0.29) is 19.8 Å². The molecule has 0 bridgehead atoms. The molecule has 0 radical (unpaired) electrons. The lowest BCUT2D eigenvalue weighted by atomic mass is 10.1. The van der Waals surface area contributed by atoms with Crippen molar-refractivity contribution in [2.45, 2.75) is 32.2 Å². The minimum Gasteiger partial charge on any atom is -0.435 e. The third kappa shape index (κ3) is 7.04. The highest BCUT2D eigenvalue weighted by Gasteiger charge is 2.31. The molecule has 0 fully saturated rings. The molecule has 27 heavy (non-hydrogen) atoms. The Kier molecular flexibility index (Phi) is 8.20. The SMILES string of the molecule is CCOC(=O)OC[C@H]1O[C@H](C#Cc2ccccc2)C=C[C@H]1OC(=O)OCC.